The summed E-state index contributed by atoms with van der Waals surface area (Å²) in [5.41, 5.74) is 7.85. The van der Waals surface area contributed by atoms with Crippen LogP contribution in [0.3, 0.4) is 0 Å². The number of carbonyl (C=O) groups excluding carboxylic acids is 1. The molecular formula is C36H30BrN3O2. The molecule has 0 unspecified atom stereocenters. The zero-order valence-corrected chi connectivity index (χ0v) is 24.6. The number of rotatable bonds is 10. The van der Waals surface area contributed by atoms with Gasteiger partial charge in [0.25, 0.3) is 0 Å². The third kappa shape index (κ3) is 6.14. The quantitative estimate of drug-likeness (QED) is 0.152. The van der Waals surface area contributed by atoms with E-state index in [1.807, 2.05) is 77.3 Å². The molecule has 0 aliphatic carbocycles. The predicted molar refractivity (Wildman–Crippen MR) is 172 cm³/mol. The van der Waals surface area contributed by atoms with Crippen molar-refractivity contribution in [2.75, 3.05) is 5.32 Å². The maximum Gasteiger partial charge on any atom is 0.163 e. The van der Waals surface area contributed by atoms with E-state index in [1.165, 1.54) is 5.56 Å². The Morgan fingerprint density at radius 2 is 1.55 bits per heavy atom. The fraction of sp³-hybridized carbons (Fsp3) is 0.111. The average Bonchev–Trinajstić information content (AvgIpc) is 3.40. The Morgan fingerprint density at radius 3 is 2.40 bits per heavy atom. The van der Waals surface area contributed by atoms with Crippen molar-refractivity contribution in [3.05, 3.63) is 154 Å². The number of carbonyl (C=O) groups is 1. The van der Waals surface area contributed by atoms with Crippen molar-refractivity contribution in [2.24, 2.45) is 0 Å². The Labute approximate surface area is 253 Å². The fourth-order valence-electron chi connectivity index (χ4n) is 5.30. The van der Waals surface area contributed by atoms with Crippen molar-refractivity contribution in [1.29, 1.82) is 0 Å². The van der Waals surface area contributed by atoms with E-state index in [4.69, 9.17) is 0 Å². The van der Waals surface area contributed by atoms with E-state index in [2.05, 4.69) is 62.7 Å². The van der Waals surface area contributed by atoms with Crippen LogP contribution in [-0.4, -0.2) is 20.5 Å². The summed E-state index contributed by atoms with van der Waals surface area (Å²) >= 11 is 3.60. The zero-order chi connectivity index (χ0) is 28.9. The number of fused-ring (bicyclic) bond motifs is 1. The molecule has 0 aliphatic rings. The largest absolute Gasteiger partial charge is 0.507 e. The number of Topliss-reactive ketones (excluding diaryl/α,β-unsaturated/α-hetero) is 1. The van der Waals surface area contributed by atoms with Gasteiger partial charge in [-0.05, 0) is 74.8 Å². The predicted octanol–water partition coefficient (Wildman–Crippen LogP) is 8.49. The number of phenols is 1. The summed E-state index contributed by atoms with van der Waals surface area (Å²) in [6, 6.07) is 37.9. The van der Waals surface area contributed by atoms with Gasteiger partial charge in [-0.2, -0.15) is 5.10 Å². The molecule has 2 N–H and O–H groups in total. The third-order valence-electron chi connectivity index (χ3n) is 7.45. The van der Waals surface area contributed by atoms with Gasteiger partial charge in [0.05, 0.1) is 16.2 Å². The number of halogens is 1. The highest BCUT2D eigenvalue weighted by Gasteiger charge is 2.14. The van der Waals surface area contributed by atoms with Crippen LogP contribution >= 0.6 is 15.9 Å². The Hall–Kier alpha value is -4.68. The maximum absolute atomic E-state index is 13.3. The minimum atomic E-state index is 0.165. The second-order valence-electron chi connectivity index (χ2n) is 10.4. The van der Waals surface area contributed by atoms with Crippen LogP contribution in [0.1, 0.15) is 39.0 Å². The van der Waals surface area contributed by atoms with Crippen LogP contribution in [-0.2, 0) is 19.4 Å². The van der Waals surface area contributed by atoms with Crippen molar-refractivity contribution >= 4 is 33.0 Å². The van der Waals surface area contributed by atoms with Gasteiger partial charge in [-0.1, -0.05) is 97.1 Å². The number of benzene rings is 4. The molecule has 0 saturated heterocycles. The number of anilines is 1. The summed E-state index contributed by atoms with van der Waals surface area (Å²) < 4.78 is 2.73. The smallest absolute Gasteiger partial charge is 0.163 e. The van der Waals surface area contributed by atoms with E-state index in [0.717, 1.165) is 55.6 Å². The van der Waals surface area contributed by atoms with Gasteiger partial charge in [-0.3, -0.25) is 4.79 Å². The Bertz CT molecular complexity index is 1860. The molecule has 208 valence electrons. The zero-order valence-electron chi connectivity index (χ0n) is 23.0. The van der Waals surface area contributed by atoms with Crippen molar-refractivity contribution in [2.45, 2.75) is 25.8 Å². The minimum Gasteiger partial charge on any atom is -0.507 e. The summed E-state index contributed by atoms with van der Waals surface area (Å²) in [7, 11) is 0. The molecule has 0 radical (unpaired) electrons. The molecule has 6 heteroatoms. The molecule has 0 saturated carbocycles. The van der Waals surface area contributed by atoms with Crippen LogP contribution in [0.2, 0.25) is 0 Å². The molecule has 42 heavy (non-hydrogen) atoms. The highest BCUT2D eigenvalue weighted by molar-refractivity contribution is 9.10. The maximum atomic E-state index is 13.3. The number of hydrogen-bond acceptors (Lipinski definition) is 4. The molecule has 2 heterocycles. The number of aromatic hydroxyl groups is 1. The number of nitrogens with zero attached hydrogens (tertiary/aromatic N) is 2. The lowest BCUT2D eigenvalue weighted by atomic mass is 9.94. The van der Waals surface area contributed by atoms with Gasteiger partial charge >= 0.3 is 0 Å². The van der Waals surface area contributed by atoms with Crippen molar-refractivity contribution in [1.82, 2.24) is 9.61 Å². The number of ketones is 1. The molecule has 0 amide bonds. The second kappa shape index (κ2) is 12.5. The van der Waals surface area contributed by atoms with Crippen LogP contribution in [0.15, 0.2) is 126 Å². The molecule has 2 aromatic heterocycles. The number of phenolic OH excluding ortho intramolecular Hbond substituents is 1. The molecule has 6 aromatic rings. The summed E-state index contributed by atoms with van der Waals surface area (Å²) in [5.74, 6) is 1.21. The molecule has 0 aliphatic heterocycles. The van der Waals surface area contributed by atoms with E-state index < -0.39 is 0 Å². The summed E-state index contributed by atoms with van der Waals surface area (Å²) in [6.45, 7) is 0.582. The summed E-state index contributed by atoms with van der Waals surface area (Å²) in [6.07, 6.45) is 3.64. The van der Waals surface area contributed by atoms with Crippen LogP contribution in [0.4, 0.5) is 5.82 Å². The number of hydrogen-bond donors (Lipinski definition) is 2. The number of nitrogens with one attached hydrogen (secondary N) is 1. The van der Waals surface area contributed by atoms with Gasteiger partial charge in [-0.25, -0.2) is 4.52 Å². The summed E-state index contributed by atoms with van der Waals surface area (Å²) in [4.78, 5) is 13.3. The first-order valence-corrected chi connectivity index (χ1v) is 14.8. The average molecular weight is 617 g/mol. The van der Waals surface area contributed by atoms with E-state index in [-0.39, 0.29) is 11.5 Å². The molecule has 0 bridgehead atoms. The van der Waals surface area contributed by atoms with Gasteiger partial charge in [0.1, 0.15) is 11.6 Å². The fourth-order valence-corrected chi connectivity index (χ4v) is 5.67. The van der Waals surface area contributed by atoms with Gasteiger partial charge < -0.3 is 10.4 Å². The Morgan fingerprint density at radius 1 is 0.810 bits per heavy atom. The molecule has 0 fully saturated rings. The second-order valence-corrected chi connectivity index (χ2v) is 11.2. The van der Waals surface area contributed by atoms with Gasteiger partial charge in [0, 0.05) is 24.1 Å². The molecule has 4 aromatic carbocycles. The lowest BCUT2D eigenvalue weighted by molar-refractivity contribution is 0.0982. The molecular weight excluding hydrogens is 586 g/mol. The molecule has 5 nitrogen and oxygen atoms in total. The lowest BCUT2D eigenvalue weighted by Crippen LogP contribution is -2.07. The minimum absolute atomic E-state index is 0.165. The van der Waals surface area contributed by atoms with Gasteiger partial charge in [0.15, 0.2) is 5.78 Å². The van der Waals surface area contributed by atoms with Gasteiger partial charge in [-0.15, -0.1) is 0 Å². The first-order valence-electron chi connectivity index (χ1n) is 14.0. The highest BCUT2D eigenvalue weighted by atomic mass is 79.9. The molecule has 0 spiro atoms. The van der Waals surface area contributed by atoms with Crippen molar-refractivity contribution in [3.8, 4) is 16.9 Å². The van der Waals surface area contributed by atoms with Gasteiger partial charge in [0.2, 0.25) is 0 Å². The number of para-hydroxylation sites is 1. The SMILES string of the molecule is O=C(CCc1cccc(CNc2cc(-c3ccccc3O)cc3c(Br)cnn23)c1)c1ccccc1Cc1ccccc1. The Kier molecular flexibility index (Phi) is 8.15. The van der Waals surface area contributed by atoms with Crippen molar-refractivity contribution < 1.29 is 9.90 Å². The topological polar surface area (TPSA) is 66.6 Å². The van der Waals surface area contributed by atoms with Crippen LogP contribution < -0.4 is 5.32 Å². The van der Waals surface area contributed by atoms with E-state index in [1.54, 1.807) is 12.3 Å². The van der Waals surface area contributed by atoms with E-state index >= 15 is 0 Å². The first kappa shape index (κ1) is 27.5. The van der Waals surface area contributed by atoms with E-state index in [9.17, 15) is 9.90 Å². The third-order valence-corrected chi connectivity index (χ3v) is 8.06. The van der Waals surface area contributed by atoms with Crippen molar-refractivity contribution in [3.63, 3.8) is 0 Å². The molecule has 0 atom stereocenters. The van der Waals surface area contributed by atoms with Crippen LogP contribution in [0, 0.1) is 0 Å². The van der Waals surface area contributed by atoms with Crippen LogP contribution in [0.5, 0.6) is 5.75 Å². The normalized spacial score (nSPS) is 11.1. The number of pyridine rings is 1. The number of aromatic nitrogens is 2. The van der Waals surface area contributed by atoms with Crippen LogP contribution in [0.25, 0.3) is 16.6 Å². The summed E-state index contributed by atoms with van der Waals surface area (Å²) in [5, 5.41) is 18.5. The standard InChI is InChI=1S/C36H30BrN3O2/c37-32-24-39-40-33(32)21-29(31-15-6-7-16-34(31)41)22-36(40)38-23-27-12-8-11-26(19-27)17-18-35(42)30-14-5-4-13-28(30)20-25-9-2-1-3-10-25/h1-16,19,21-22,24,38,41H,17-18,20,23H2. The molecule has 6 rings (SSSR count). The van der Waals surface area contributed by atoms with E-state index in [0.29, 0.717) is 19.4 Å². The highest BCUT2D eigenvalue weighted by Crippen LogP contribution is 2.33. The first-order chi connectivity index (χ1) is 20.5. The Balaban J connectivity index is 1.16. The lowest BCUT2D eigenvalue weighted by Gasteiger charge is -2.13. The monoisotopic (exact) mass is 615 g/mol. The number of aryl methyl sites for hydroxylation is 1.